The Morgan fingerprint density at radius 1 is 1.30 bits per heavy atom. The van der Waals surface area contributed by atoms with Gasteiger partial charge in [0.2, 0.25) is 5.91 Å². The zero-order valence-corrected chi connectivity index (χ0v) is 13.9. The Hall–Kier alpha value is -1.50. The molecule has 1 atom stereocenters. The summed E-state index contributed by atoms with van der Waals surface area (Å²) in [4.78, 5) is 16.0. The summed E-state index contributed by atoms with van der Waals surface area (Å²) in [6.45, 7) is 7.04. The molecule has 5 nitrogen and oxygen atoms in total. The molecule has 0 unspecified atom stereocenters. The summed E-state index contributed by atoms with van der Waals surface area (Å²) in [6, 6.07) is 0. The van der Waals surface area contributed by atoms with Crippen LogP contribution in [0, 0.1) is 19.3 Å². The number of halogens is 2. The number of rotatable bonds is 3. The highest BCUT2D eigenvalue weighted by atomic mass is 19.3. The molecule has 2 aliphatic heterocycles. The molecule has 0 saturated carbocycles. The highest BCUT2D eigenvalue weighted by Crippen LogP contribution is 2.46. The number of aromatic nitrogens is 1. The summed E-state index contributed by atoms with van der Waals surface area (Å²) in [6.07, 6.45) is 0.167. The SMILES string of the molecule is CCN1CC[C@@]2(CN(Cc3c(C)noc3C)CC(F)(F)C2)C1=O. The molecule has 23 heavy (non-hydrogen) atoms. The average Bonchev–Trinajstić information content (AvgIpc) is 2.92. The van der Waals surface area contributed by atoms with Crippen LogP contribution in [0.25, 0.3) is 0 Å². The van der Waals surface area contributed by atoms with Crippen molar-refractivity contribution in [2.75, 3.05) is 26.2 Å². The van der Waals surface area contributed by atoms with Gasteiger partial charge in [0, 0.05) is 38.2 Å². The Balaban J connectivity index is 1.84. The van der Waals surface area contributed by atoms with Crippen LogP contribution in [0.5, 0.6) is 0 Å². The molecule has 0 aliphatic carbocycles. The van der Waals surface area contributed by atoms with E-state index in [1.807, 2.05) is 13.8 Å². The molecule has 0 aromatic carbocycles. The summed E-state index contributed by atoms with van der Waals surface area (Å²) in [5, 5.41) is 3.88. The fourth-order valence-corrected chi connectivity index (χ4v) is 3.99. The van der Waals surface area contributed by atoms with Crippen LogP contribution >= 0.6 is 0 Å². The van der Waals surface area contributed by atoms with Gasteiger partial charge in [0.05, 0.1) is 17.7 Å². The molecule has 1 aromatic heterocycles. The smallest absolute Gasteiger partial charge is 0.261 e. The lowest BCUT2D eigenvalue weighted by atomic mass is 9.77. The molecular formula is C16H23F2N3O2. The summed E-state index contributed by atoms with van der Waals surface area (Å²) in [5.41, 5.74) is 0.616. The monoisotopic (exact) mass is 327 g/mol. The molecule has 1 aromatic rings. The minimum atomic E-state index is -2.85. The Labute approximate surface area is 134 Å². The molecule has 7 heteroatoms. The normalized spacial score (nSPS) is 28.0. The lowest BCUT2D eigenvalue weighted by Crippen LogP contribution is -2.55. The van der Waals surface area contributed by atoms with Crippen molar-refractivity contribution in [2.45, 2.75) is 46.1 Å². The highest BCUT2D eigenvalue weighted by molar-refractivity contribution is 5.85. The topological polar surface area (TPSA) is 49.6 Å². The van der Waals surface area contributed by atoms with Gasteiger partial charge in [-0.3, -0.25) is 9.69 Å². The third-order valence-corrected chi connectivity index (χ3v) is 5.12. The van der Waals surface area contributed by atoms with Gasteiger partial charge in [0.1, 0.15) is 5.76 Å². The number of carbonyl (C=O) groups excluding carboxylic acids is 1. The van der Waals surface area contributed by atoms with E-state index in [1.54, 1.807) is 16.7 Å². The standard InChI is InChI=1S/C16H23F2N3O2/c1-4-21-6-5-15(14(21)22)8-16(17,18)10-20(9-15)7-13-11(2)19-23-12(13)3/h4-10H2,1-3H3/t15-/m1/s1. The van der Waals surface area contributed by atoms with Crippen LogP contribution in [0.2, 0.25) is 0 Å². The fourth-order valence-electron chi connectivity index (χ4n) is 3.99. The van der Waals surface area contributed by atoms with Gasteiger partial charge in [-0.1, -0.05) is 5.16 Å². The first-order chi connectivity index (χ1) is 10.8. The molecule has 0 N–H and O–H groups in total. The van der Waals surface area contributed by atoms with Crippen molar-refractivity contribution < 1.29 is 18.1 Å². The van der Waals surface area contributed by atoms with Crippen LogP contribution in [0.15, 0.2) is 4.52 Å². The number of carbonyl (C=O) groups is 1. The van der Waals surface area contributed by atoms with Crippen molar-refractivity contribution in [3.63, 3.8) is 0 Å². The molecule has 2 fully saturated rings. The number of likely N-dealkylation sites (tertiary alicyclic amines) is 2. The molecule has 3 rings (SSSR count). The van der Waals surface area contributed by atoms with E-state index < -0.39 is 11.3 Å². The number of piperidine rings is 1. The van der Waals surface area contributed by atoms with E-state index in [9.17, 15) is 13.6 Å². The quantitative estimate of drug-likeness (QED) is 0.855. The summed E-state index contributed by atoms with van der Waals surface area (Å²) in [5.74, 6) is -2.32. The van der Waals surface area contributed by atoms with Gasteiger partial charge < -0.3 is 9.42 Å². The molecule has 2 aliphatic rings. The maximum atomic E-state index is 14.3. The second kappa shape index (κ2) is 5.54. The van der Waals surface area contributed by atoms with Gasteiger partial charge in [0.15, 0.2) is 0 Å². The second-order valence-corrected chi connectivity index (χ2v) is 6.90. The first-order valence-electron chi connectivity index (χ1n) is 8.08. The maximum absolute atomic E-state index is 14.3. The van der Waals surface area contributed by atoms with E-state index in [1.165, 1.54) is 0 Å². The largest absolute Gasteiger partial charge is 0.361 e. The Kier molecular flexibility index (Phi) is 3.94. The predicted octanol–water partition coefficient (Wildman–Crippen LogP) is 2.37. The minimum Gasteiger partial charge on any atom is -0.361 e. The summed E-state index contributed by atoms with van der Waals surface area (Å²) >= 11 is 0. The first kappa shape index (κ1) is 16.4. The van der Waals surface area contributed by atoms with Crippen molar-refractivity contribution >= 4 is 5.91 Å². The number of alkyl halides is 2. The van der Waals surface area contributed by atoms with Crippen LogP contribution in [-0.2, 0) is 11.3 Å². The molecule has 128 valence electrons. The van der Waals surface area contributed by atoms with E-state index in [4.69, 9.17) is 4.52 Å². The lowest BCUT2D eigenvalue weighted by molar-refractivity contribution is -0.155. The zero-order chi connectivity index (χ0) is 16.8. The second-order valence-electron chi connectivity index (χ2n) is 6.90. The third-order valence-electron chi connectivity index (χ3n) is 5.12. The molecule has 0 radical (unpaired) electrons. The van der Waals surface area contributed by atoms with Gasteiger partial charge >= 0.3 is 0 Å². The molecule has 1 spiro atoms. The van der Waals surface area contributed by atoms with Gasteiger partial charge in [-0.25, -0.2) is 8.78 Å². The van der Waals surface area contributed by atoms with Crippen LogP contribution in [0.4, 0.5) is 8.78 Å². The molecule has 1 amide bonds. The zero-order valence-electron chi connectivity index (χ0n) is 13.9. The van der Waals surface area contributed by atoms with Crippen LogP contribution in [0.3, 0.4) is 0 Å². The number of aryl methyl sites for hydroxylation is 2. The Morgan fingerprint density at radius 3 is 2.61 bits per heavy atom. The minimum absolute atomic E-state index is 0.122. The van der Waals surface area contributed by atoms with Gasteiger partial charge in [0.25, 0.3) is 5.92 Å². The first-order valence-corrected chi connectivity index (χ1v) is 8.08. The van der Waals surface area contributed by atoms with Crippen LogP contribution in [0.1, 0.15) is 36.8 Å². The van der Waals surface area contributed by atoms with E-state index in [-0.39, 0.29) is 18.9 Å². The van der Waals surface area contributed by atoms with E-state index >= 15 is 0 Å². The Morgan fingerprint density at radius 2 is 2.04 bits per heavy atom. The van der Waals surface area contributed by atoms with E-state index in [0.717, 1.165) is 11.3 Å². The van der Waals surface area contributed by atoms with E-state index in [0.29, 0.717) is 38.4 Å². The van der Waals surface area contributed by atoms with Crippen molar-refractivity contribution in [1.29, 1.82) is 0 Å². The van der Waals surface area contributed by atoms with Gasteiger partial charge in [-0.2, -0.15) is 0 Å². The molecular weight excluding hydrogens is 304 g/mol. The predicted molar refractivity (Wildman–Crippen MR) is 80.1 cm³/mol. The van der Waals surface area contributed by atoms with Gasteiger partial charge in [-0.05, 0) is 27.2 Å². The average molecular weight is 327 g/mol. The molecule has 2 saturated heterocycles. The summed E-state index contributed by atoms with van der Waals surface area (Å²) in [7, 11) is 0. The maximum Gasteiger partial charge on any atom is 0.261 e. The van der Waals surface area contributed by atoms with Crippen LogP contribution < -0.4 is 0 Å². The number of hydrogen-bond acceptors (Lipinski definition) is 4. The number of hydrogen-bond donors (Lipinski definition) is 0. The molecule has 0 bridgehead atoms. The fraction of sp³-hybridized carbons (Fsp3) is 0.750. The number of nitrogens with zero attached hydrogens (tertiary/aromatic N) is 3. The van der Waals surface area contributed by atoms with Crippen molar-refractivity contribution in [2.24, 2.45) is 5.41 Å². The third kappa shape index (κ3) is 2.86. The van der Waals surface area contributed by atoms with Crippen molar-refractivity contribution in [3.8, 4) is 0 Å². The van der Waals surface area contributed by atoms with Crippen LogP contribution in [-0.4, -0.2) is 53.0 Å². The number of amides is 1. The molecule has 3 heterocycles. The lowest BCUT2D eigenvalue weighted by Gasteiger charge is -2.42. The van der Waals surface area contributed by atoms with Crippen molar-refractivity contribution in [3.05, 3.63) is 17.0 Å². The van der Waals surface area contributed by atoms with Gasteiger partial charge in [-0.15, -0.1) is 0 Å². The Bertz CT molecular complexity index is 597. The van der Waals surface area contributed by atoms with E-state index in [2.05, 4.69) is 5.16 Å². The highest BCUT2D eigenvalue weighted by Gasteiger charge is 2.56. The van der Waals surface area contributed by atoms with Crippen molar-refractivity contribution in [1.82, 2.24) is 15.0 Å². The summed E-state index contributed by atoms with van der Waals surface area (Å²) < 4.78 is 33.8.